The van der Waals surface area contributed by atoms with Gasteiger partial charge < -0.3 is 4.52 Å². The van der Waals surface area contributed by atoms with E-state index in [0.717, 1.165) is 4.90 Å². The lowest BCUT2D eigenvalue weighted by Gasteiger charge is -2.00. The van der Waals surface area contributed by atoms with Crippen LogP contribution in [0.3, 0.4) is 0 Å². The number of hydrogen-bond donors (Lipinski definition) is 0. The third-order valence-electron chi connectivity index (χ3n) is 2.68. The Morgan fingerprint density at radius 1 is 1.33 bits per heavy atom. The van der Waals surface area contributed by atoms with Crippen molar-refractivity contribution in [2.75, 3.05) is 0 Å². The van der Waals surface area contributed by atoms with E-state index in [0.29, 0.717) is 29.8 Å². The van der Waals surface area contributed by atoms with E-state index in [4.69, 9.17) is 4.52 Å². The number of ketones is 1. The molecule has 1 aromatic heterocycles. The fourth-order valence-corrected chi connectivity index (χ4v) is 2.54. The fraction of sp³-hybridized carbons (Fsp3) is 0.400. The molecule has 1 aromatic carbocycles. The predicted molar refractivity (Wildman–Crippen MR) is 78.4 cm³/mol. The van der Waals surface area contributed by atoms with Crippen LogP contribution in [0.4, 0.5) is 4.39 Å². The van der Waals surface area contributed by atoms with E-state index >= 15 is 0 Å². The highest BCUT2D eigenvalue weighted by molar-refractivity contribution is 7.98. The normalized spacial score (nSPS) is 11.0. The number of thioether (sulfide) groups is 1. The maximum Gasteiger partial charge on any atom is 0.234 e. The van der Waals surface area contributed by atoms with Gasteiger partial charge in [-0.3, -0.25) is 4.79 Å². The minimum atomic E-state index is -0.259. The van der Waals surface area contributed by atoms with Crippen molar-refractivity contribution in [3.8, 4) is 0 Å². The van der Waals surface area contributed by atoms with Gasteiger partial charge in [-0.25, -0.2) is 4.39 Å². The van der Waals surface area contributed by atoms with E-state index in [2.05, 4.69) is 10.1 Å². The molecule has 0 aliphatic heterocycles. The molecule has 21 heavy (non-hydrogen) atoms. The number of carbonyl (C=O) groups excluding carboxylic acids is 1. The Bertz CT molecular complexity index is 596. The Kier molecular flexibility index (Phi) is 5.50. The summed E-state index contributed by atoms with van der Waals surface area (Å²) < 4.78 is 17.9. The lowest BCUT2D eigenvalue weighted by Crippen LogP contribution is -2.06. The van der Waals surface area contributed by atoms with Gasteiger partial charge in [-0.05, 0) is 30.2 Å². The summed E-state index contributed by atoms with van der Waals surface area (Å²) in [5.41, 5.74) is 0. The van der Waals surface area contributed by atoms with Crippen molar-refractivity contribution in [3.63, 3.8) is 0 Å². The van der Waals surface area contributed by atoms with Crippen LogP contribution < -0.4 is 0 Å². The lowest BCUT2D eigenvalue weighted by atomic mass is 10.1. The van der Waals surface area contributed by atoms with Crippen molar-refractivity contribution >= 4 is 17.5 Å². The maximum atomic E-state index is 12.8. The Morgan fingerprint density at radius 2 is 2.05 bits per heavy atom. The third-order valence-corrected chi connectivity index (χ3v) is 3.68. The monoisotopic (exact) mass is 308 g/mol. The van der Waals surface area contributed by atoms with Crippen molar-refractivity contribution < 1.29 is 13.7 Å². The van der Waals surface area contributed by atoms with E-state index in [-0.39, 0.29) is 18.0 Å². The zero-order valence-corrected chi connectivity index (χ0v) is 12.8. The van der Waals surface area contributed by atoms with Gasteiger partial charge in [-0.1, -0.05) is 19.0 Å². The van der Waals surface area contributed by atoms with E-state index < -0.39 is 0 Å². The average molecular weight is 308 g/mol. The van der Waals surface area contributed by atoms with Crippen LogP contribution >= 0.6 is 11.8 Å². The van der Waals surface area contributed by atoms with Gasteiger partial charge in [0.25, 0.3) is 0 Å². The molecular weight excluding hydrogens is 291 g/mol. The molecule has 0 aliphatic rings. The van der Waals surface area contributed by atoms with Crippen LogP contribution in [0, 0.1) is 11.7 Å². The largest absolute Gasteiger partial charge is 0.339 e. The van der Waals surface area contributed by atoms with Crippen LogP contribution in [0.5, 0.6) is 0 Å². The van der Waals surface area contributed by atoms with Crippen LogP contribution in [0.15, 0.2) is 33.7 Å². The second-order valence-corrected chi connectivity index (χ2v) is 6.21. The summed E-state index contributed by atoms with van der Waals surface area (Å²) >= 11 is 1.49. The smallest absolute Gasteiger partial charge is 0.234 e. The standard InChI is InChI=1S/C15H17FN2O2S/c1-10(2)7-12(19)8-15-17-14(18-20-15)9-21-13-5-3-11(16)4-6-13/h3-6,10H,7-9H2,1-2H3. The molecule has 0 aliphatic carbocycles. The molecule has 2 rings (SSSR count). The van der Waals surface area contributed by atoms with E-state index in [1.165, 1.54) is 23.9 Å². The van der Waals surface area contributed by atoms with Gasteiger partial charge in [-0.15, -0.1) is 11.8 Å². The first-order chi connectivity index (χ1) is 10.0. The fourth-order valence-electron chi connectivity index (χ4n) is 1.80. The summed E-state index contributed by atoms with van der Waals surface area (Å²) in [4.78, 5) is 16.8. The molecule has 0 amide bonds. The molecule has 0 radical (unpaired) electrons. The number of halogens is 1. The van der Waals surface area contributed by atoms with Crippen molar-refractivity contribution in [1.82, 2.24) is 10.1 Å². The Hall–Kier alpha value is -1.69. The zero-order chi connectivity index (χ0) is 15.2. The molecule has 0 N–H and O–H groups in total. The molecule has 0 fully saturated rings. The molecule has 0 unspecified atom stereocenters. The molecular formula is C15H17FN2O2S. The van der Waals surface area contributed by atoms with Crippen molar-refractivity contribution in [1.29, 1.82) is 0 Å². The van der Waals surface area contributed by atoms with Gasteiger partial charge in [0.05, 0.1) is 12.2 Å². The third kappa shape index (κ3) is 5.30. The van der Waals surface area contributed by atoms with E-state index in [9.17, 15) is 9.18 Å². The summed E-state index contributed by atoms with van der Waals surface area (Å²) in [6, 6.07) is 6.23. The SMILES string of the molecule is CC(C)CC(=O)Cc1nc(CSc2ccc(F)cc2)no1. The molecule has 6 heteroatoms. The zero-order valence-electron chi connectivity index (χ0n) is 12.0. The van der Waals surface area contributed by atoms with Gasteiger partial charge in [0.1, 0.15) is 11.6 Å². The molecule has 0 saturated heterocycles. The minimum Gasteiger partial charge on any atom is -0.339 e. The van der Waals surface area contributed by atoms with Crippen molar-refractivity contribution in [2.24, 2.45) is 5.92 Å². The minimum absolute atomic E-state index is 0.103. The second-order valence-electron chi connectivity index (χ2n) is 5.16. The first-order valence-corrected chi connectivity index (χ1v) is 7.73. The van der Waals surface area contributed by atoms with Gasteiger partial charge in [0.15, 0.2) is 5.82 Å². The van der Waals surface area contributed by atoms with Gasteiger partial charge >= 0.3 is 0 Å². The van der Waals surface area contributed by atoms with Crippen molar-refractivity contribution in [3.05, 3.63) is 41.8 Å². The highest BCUT2D eigenvalue weighted by Gasteiger charge is 2.12. The maximum absolute atomic E-state index is 12.8. The van der Waals surface area contributed by atoms with E-state index in [1.807, 2.05) is 13.8 Å². The predicted octanol–water partition coefficient (Wildman–Crippen LogP) is 3.66. The van der Waals surface area contributed by atoms with Gasteiger partial charge in [-0.2, -0.15) is 4.98 Å². The molecule has 1 heterocycles. The second kappa shape index (κ2) is 7.36. The molecule has 0 spiro atoms. The van der Waals surface area contributed by atoms with Crippen LogP contribution in [-0.4, -0.2) is 15.9 Å². The van der Waals surface area contributed by atoms with Crippen LogP contribution in [0.1, 0.15) is 32.0 Å². The number of Topliss-reactive ketones (excluding diaryl/α,β-unsaturated/α-hetero) is 1. The summed E-state index contributed by atoms with van der Waals surface area (Å²) in [7, 11) is 0. The molecule has 112 valence electrons. The topological polar surface area (TPSA) is 56.0 Å². The number of rotatable bonds is 7. The quantitative estimate of drug-likeness (QED) is 0.731. The molecule has 0 atom stereocenters. The molecule has 0 saturated carbocycles. The highest BCUT2D eigenvalue weighted by Crippen LogP contribution is 2.21. The van der Waals surface area contributed by atoms with E-state index in [1.54, 1.807) is 12.1 Å². The summed E-state index contributed by atoms with van der Waals surface area (Å²) in [5, 5.41) is 3.85. The van der Waals surface area contributed by atoms with Crippen LogP contribution in [0.2, 0.25) is 0 Å². The molecule has 2 aromatic rings. The number of aromatic nitrogens is 2. The lowest BCUT2D eigenvalue weighted by molar-refractivity contribution is -0.119. The molecule has 0 bridgehead atoms. The number of benzene rings is 1. The first-order valence-electron chi connectivity index (χ1n) is 6.74. The highest BCUT2D eigenvalue weighted by atomic mass is 32.2. The Balaban J connectivity index is 1.85. The number of nitrogens with zero attached hydrogens (tertiary/aromatic N) is 2. The Labute approximate surface area is 127 Å². The number of carbonyl (C=O) groups is 1. The first kappa shape index (κ1) is 15.7. The summed E-state index contributed by atoms with van der Waals surface area (Å²) in [6.45, 7) is 3.99. The van der Waals surface area contributed by atoms with Gasteiger partial charge in [0, 0.05) is 11.3 Å². The van der Waals surface area contributed by atoms with Crippen LogP contribution in [-0.2, 0) is 17.0 Å². The average Bonchev–Trinajstić information content (AvgIpc) is 2.84. The number of hydrogen-bond acceptors (Lipinski definition) is 5. The summed E-state index contributed by atoms with van der Waals surface area (Å²) in [6.07, 6.45) is 0.703. The van der Waals surface area contributed by atoms with Crippen LogP contribution in [0.25, 0.3) is 0 Å². The van der Waals surface area contributed by atoms with Crippen molar-refractivity contribution in [2.45, 2.75) is 37.3 Å². The summed E-state index contributed by atoms with van der Waals surface area (Å²) in [5.74, 6) is 1.59. The molecule has 4 nitrogen and oxygen atoms in total. The van der Waals surface area contributed by atoms with Gasteiger partial charge in [0.2, 0.25) is 5.89 Å². The Morgan fingerprint density at radius 3 is 2.71 bits per heavy atom.